The third kappa shape index (κ3) is 17.6. The molecule has 3 fully saturated rings. The van der Waals surface area contributed by atoms with Crippen molar-refractivity contribution in [1.29, 1.82) is 0 Å². The van der Waals surface area contributed by atoms with Crippen molar-refractivity contribution in [3.05, 3.63) is 262 Å². The molecule has 2 saturated heterocycles. The highest BCUT2D eigenvalue weighted by atomic mass is 35.5. The number of fused-ring (bicyclic) bond motifs is 4. The third-order valence-electron chi connectivity index (χ3n) is 20.1. The van der Waals surface area contributed by atoms with Gasteiger partial charge in [-0.3, -0.25) is 0 Å². The molecule has 24 heteroatoms. The van der Waals surface area contributed by atoms with E-state index >= 15 is 0 Å². The van der Waals surface area contributed by atoms with Crippen LogP contribution in [0.3, 0.4) is 0 Å². The van der Waals surface area contributed by atoms with Gasteiger partial charge in [0.2, 0.25) is 0 Å². The zero-order valence-electron chi connectivity index (χ0n) is 61.4. The quantitative estimate of drug-likeness (QED) is 0.0317. The van der Waals surface area contributed by atoms with E-state index in [4.69, 9.17) is 101 Å². The first-order chi connectivity index (χ1) is 55.5. The highest BCUT2D eigenvalue weighted by molar-refractivity contribution is 6.35. The van der Waals surface area contributed by atoms with Gasteiger partial charge in [-0.1, -0.05) is 240 Å². The fourth-order valence-electron chi connectivity index (χ4n) is 13.7. The Balaban J connectivity index is 0.000000120. The van der Waals surface area contributed by atoms with Crippen LogP contribution < -0.4 is 18.9 Å². The fourth-order valence-corrected chi connectivity index (χ4v) is 14.7. The molecular weight excluding hydrogens is 1530 g/mol. The number of rotatable bonds is 20. The van der Waals surface area contributed by atoms with Gasteiger partial charge in [0.15, 0.2) is 41.8 Å². The number of nitrogens with zero attached hydrogens (tertiary/aromatic N) is 4. The van der Waals surface area contributed by atoms with Crippen LogP contribution in [0.5, 0.6) is 23.5 Å². The summed E-state index contributed by atoms with van der Waals surface area (Å²) in [5.74, 6) is 4.59. The van der Waals surface area contributed by atoms with Crippen LogP contribution in [-0.2, 0) is 14.9 Å². The monoisotopic (exact) mass is 1600 g/mol. The summed E-state index contributed by atoms with van der Waals surface area (Å²) in [6, 6.07) is 77.7. The Morgan fingerprint density at radius 1 is 0.430 bits per heavy atom. The Bertz CT molecular complexity index is 5850. The topological polar surface area (TPSA) is 291 Å². The number of aromatic amines is 4. The maximum atomic E-state index is 10.2. The van der Waals surface area contributed by atoms with Gasteiger partial charge < -0.3 is 79.0 Å². The molecule has 10 N–H and O–H groups in total. The van der Waals surface area contributed by atoms with E-state index in [2.05, 4.69) is 104 Å². The molecule has 2 aliphatic heterocycles. The van der Waals surface area contributed by atoms with Crippen molar-refractivity contribution in [2.24, 2.45) is 0 Å². The van der Waals surface area contributed by atoms with Crippen molar-refractivity contribution in [1.82, 2.24) is 39.9 Å². The molecule has 1 aliphatic carbocycles. The van der Waals surface area contributed by atoms with Gasteiger partial charge in [-0.2, -0.15) is 0 Å². The van der Waals surface area contributed by atoms with Crippen LogP contribution in [0.25, 0.3) is 123 Å². The van der Waals surface area contributed by atoms with Gasteiger partial charge in [0, 0.05) is 51.9 Å². The molecule has 7 aromatic carbocycles. The number of aliphatic hydroxyl groups is 6. The molecule has 18 rings (SSSR count). The molecular formula is C90H78Cl4N8O12. The minimum absolute atomic E-state index is 0.0391. The van der Waals surface area contributed by atoms with E-state index in [0.29, 0.717) is 66.0 Å². The van der Waals surface area contributed by atoms with Crippen LogP contribution in [0.2, 0.25) is 20.1 Å². The maximum absolute atomic E-state index is 10.2. The number of hydrogen-bond acceptors (Lipinski definition) is 16. The summed E-state index contributed by atoms with van der Waals surface area (Å²) in [5.41, 5.74) is 20.5. The van der Waals surface area contributed by atoms with Crippen LogP contribution in [0.15, 0.2) is 237 Å². The second-order valence-electron chi connectivity index (χ2n) is 27.8. The summed E-state index contributed by atoms with van der Waals surface area (Å²) in [4.78, 5) is 31.3. The van der Waals surface area contributed by atoms with Gasteiger partial charge in [-0.15, -0.1) is 6.42 Å². The molecule has 15 aromatic rings. The summed E-state index contributed by atoms with van der Waals surface area (Å²) in [6.45, 7) is 2.06. The predicted molar refractivity (Wildman–Crippen MR) is 446 cm³/mol. The lowest BCUT2D eigenvalue weighted by Gasteiger charge is -2.16. The predicted octanol–water partition coefficient (Wildman–Crippen LogP) is 17.3. The van der Waals surface area contributed by atoms with Crippen LogP contribution in [0.1, 0.15) is 25.3 Å². The van der Waals surface area contributed by atoms with E-state index in [1.807, 2.05) is 153 Å². The smallest absolute Gasteiger partial charge is 0.194 e. The number of halogens is 4. The van der Waals surface area contributed by atoms with E-state index < -0.39 is 36.6 Å². The van der Waals surface area contributed by atoms with Crippen LogP contribution in [0.4, 0.5) is 0 Å². The minimum Gasteiger partial charge on any atom is -0.476 e. The molecule has 7 atom stereocenters. The number of ether oxygens (including phenoxy) is 6. The minimum atomic E-state index is -0.902. The Kier molecular flexibility index (Phi) is 24.1. The van der Waals surface area contributed by atoms with Crippen LogP contribution in [0, 0.1) is 12.3 Å². The molecule has 0 bridgehead atoms. The SMILES string of the molecule is C#CC(C)Oc1cc2nc(-c3ccc(-c4ccccc4)cc3)c(Cl)cc2[nH]1.OCCOc1cc2nc(-c3ccc(-c4ccccc4)cc3)c(Cl)cc2[nH]1.OC[C@H]1OC[C@@H](Oc2cc3nc(-c4ccc(-c5ccccc5)cc4)c(Cl)cc3[nH]2)[C@@H]1O.OC[C@H]1OC[C@@H](Oc2cc3nc(-c4ccc(C5(CO)CC5)cc4)c(Cl)cc3[nH]2)[C@@H]1O. The first-order valence-electron chi connectivity index (χ1n) is 37.0. The molecule has 0 amide bonds. The van der Waals surface area contributed by atoms with Gasteiger partial charge in [0.25, 0.3) is 0 Å². The molecule has 8 aromatic heterocycles. The molecule has 578 valence electrons. The second kappa shape index (κ2) is 35.1. The standard InChI is InChI=1S/C24H21ClN2O4.C23H17ClN2O.C22H23ClN2O5.C21H17ClN2O2/c25-17-10-18-19(11-22(26-18)31-21-13-30-20(12-28)24(21)29)27-23(17)16-8-6-15(7-9-16)14-4-2-1-3-5-14;1-3-15(2)27-22-14-21-20(25-22)13-19(24)23(26-21)18-11-9-17(10-12-18)16-7-5-4-6-8-16;23-14-7-15-16(8-19(24-15)30-18-10-29-17(9-26)21(18)28)25-20(14)12-1-3-13(4-2-12)22(11-27)5-6-22;22-17-12-18-19(13-20(23-18)26-11-10-25)24-21(17)16-8-6-15(7-9-16)14-4-2-1-3-5-14/h1-11,20-21,24,26,28-29H,12-13H2;1,4-15,25H,2H3;1-4,7-8,17-18,21,24,26-28H,5-6,9-11H2;1-9,12-13,23,25H,10-11H2/t20-,21-,24-;;17-,18-,21-;/m1.1./s1. The first kappa shape index (κ1) is 78.2. The number of terminal acetylenes is 1. The largest absolute Gasteiger partial charge is 0.476 e. The highest BCUT2D eigenvalue weighted by Gasteiger charge is 2.44. The van der Waals surface area contributed by atoms with E-state index in [1.54, 1.807) is 18.2 Å². The maximum Gasteiger partial charge on any atom is 0.194 e. The van der Waals surface area contributed by atoms with E-state index in [1.165, 1.54) is 11.1 Å². The summed E-state index contributed by atoms with van der Waals surface area (Å²) in [6.07, 6.45) is 2.87. The molecule has 1 saturated carbocycles. The molecule has 20 nitrogen and oxygen atoms in total. The second-order valence-corrected chi connectivity index (χ2v) is 29.4. The van der Waals surface area contributed by atoms with Crippen molar-refractivity contribution in [3.8, 4) is 114 Å². The van der Waals surface area contributed by atoms with Gasteiger partial charge >= 0.3 is 0 Å². The van der Waals surface area contributed by atoms with Gasteiger partial charge in [0.05, 0.1) is 127 Å². The number of aromatic nitrogens is 8. The average molecular weight is 1610 g/mol. The van der Waals surface area contributed by atoms with Crippen molar-refractivity contribution in [2.75, 3.05) is 46.2 Å². The van der Waals surface area contributed by atoms with Gasteiger partial charge in [-0.25, -0.2) is 19.9 Å². The first-order valence-corrected chi connectivity index (χ1v) is 38.5. The van der Waals surface area contributed by atoms with Crippen molar-refractivity contribution in [3.63, 3.8) is 0 Å². The Morgan fingerprint density at radius 3 is 1.05 bits per heavy atom. The zero-order valence-corrected chi connectivity index (χ0v) is 64.5. The number of hydrogen-bond donors (Lipinski definition) is 10. The van der Waals surface area contributed by atoms with Gasteiger partial charge in [-0.05, 0) is 83.0 Å². The molecule has 114 heavy (non-hydrogen) atoms. The van der Waals surface area contributed by atoms with Crippen LogP contribution >= 0.6 is 46.4 Å². The molecule has 1 unspecified atom stereocenters. The van der Waals surface area contributed by atoms with Crippen LogP contribution in [-0.4, -0.2) is 159 Å². The summed E-state index contributed by atoms with van der Waals surface area (Å²) in [7, 11) is 0. The summed E-state index contributed by atoms with van der Waals surface area (Å²) < 4.78 is 33.3. The van der Waals surface area contributed by atoms with E-state index in [0.717, 1.165) is 107 Å². The summed E-state index contributed by atoms with van der Waals surface area (Å²) >= 11 is 25.9. The van der Waals surface area contributed by atoms with Crippen molar-refractivity contribution in [2.45, 2.75) is 67.9 Å². The summed E-state index contributed by atoms with van der Waals surface area (Å²) in [5, 5.41) is 59.4. The number of benzene rings is 7. The number of aliphatic hydroxyl groups excluding tert-OH is 6. The normalized spacial score (nSPS) is 17.6. The highest BCUT2D eigenvalue weighted by Crippen LogP contribution is 2.48. The molecule has 0 radical (unpaired) electrons. The number of pyridine rings is 4. The lowest BCUT2D eigenvalue weighted by Crippen LogP contribution is -2.35. The van der Waals surface area contributed by atoms with Crippen molar-refractivity contribution >= 4 is 90.5 Å². The lowest BCUT2D eigenvalue weighted by molar-refractivity contribution is -0.00358. The zero-order chi connectivity index (χ0) is 79.0. The number of H-pyrrole nitrogens is 4. The van der Waals surface area contributed by atoms with E-state index in [9.17, 15) is 25.5 Å². The average Bonchev–Trinajstić information content (AvgIpc) is 1.61. The van der Waals surface area contributed by atoms with Gasteiger partial charge in [0.1, 0.15) is 31.0 Å². The third-order valence-corrected chi connectivity index (χ3v) is 21.3. The Hall–Kier alpha value is -11.1. The van der Waals surface area contributed by atoms with E-state index in [-0.39, 0.29) is 57.8 Å². The lowest BCUT2D eigenvalue weighted by atomic mass is 9.95. The molecule has 3 aliphatic rings. The molecule has 10 heterocycles. The molecule has 0 spiro atoms. The number of nitrogens with one attached hydrogen (secondary N) is 4. The Morgan fingerprint density at radius 2 is 0.737 bits per heavy atom. The Labute approximate surface area is 675 Å². The van der Waals surface area contributed by atoms with Crippen molar-refractivity contribution < 1.29 is 59.1 Å². The fraction of sp³-hybridized carbons (Fsp3) is 0.200.